The van der Waals surface area contributed by atoms with Crippen molar-refractivity contribution in [3.05, 3.63) is 89.5 Å². The SMILES string of the molecule is CC[C@@H](NC(=O)[C@@H]1C[C@H](NC(=O)CCOCCOCCC(=O)NCCN2C[C@H](C)Oc3ccc(F)cc3[C@@H](C)Nc3ccn4ncc(c4n3)C2=O)CN1C(=O)[C@@H](NC(=O)[C@H](C)NC)C(C)(C)C)c1ccccc1. The topological polar surface area (TPSA) is 239 Å². The van der Waals surface area contributed by atoms with Gasteiger partial charge in [-0.05, 0) is 75.9 Å². The average Bonchev–Trinajstić information content (AvgIpc) is 3.99. The first-order valence-corrected chi connectivity index (χ1v) is 25.1. The lowest BCUT2D eigenvalue weighted by Gasteiger charge is -2.36. The Balaban J connectivity index is 0.943. The second-order valence-corrected chi connectivity index (χ2v) is 19.6. The number of benzene rings is 2. The van der Waals surface area contributed by atoms with Crippen molar-refractivity contribution in [2.24, 2.45) is 5.41 Å². The van der Waals surface area contributed by atoms with E-state index < -0.39 is 47.4 Å². The zero-order valence-electron chi connectivity index (χ0n) is 43.2. The van der Waals surface area contributed by atoms with Crippen LogP contribution in [0.5, 0.6) is 5.75 Å². The molecule has 7 atom stereocenters. The molecule has 4 heterocycles. The third-order valence-electron chi connectivity index (χ3n) is 12.9. The van der Waals surface area contributed by atoms with Crippen molar-refractivity contribution in [1.82, 2.24) is 51.0 Å². The largest absolute Gasteiger partial charge is 0.489 e. The molecule has 73 heavy (non-hydrogen) atoms. The van der Waals surface area contributed by atoms with Crippen LogP contribution in [0.3, 0.4) is 0 Å². The van der Waals surface area contributed by atoms with Gasteiger partial charge in [-0.1, -0.05) is 58.0 Å². The van der Waals surface area contributed by atoms with Crippen LogP contribution in [0.25, 0.3) is 5.65 Å². The lowest BCUT2D eigenvalue weighted by Crippen LogP contribution is -2.59. The minimum Gasteiger partial charge on any atom is -0.489 e. The summed E-state index contributed by atoms with van der Waals surface area (Å²) in [5, 5.41) is 22.3. The minimum atomic E-state index is -0.946. The van der Waals surface area contributed by atoms with Gasteiger partial charge in [-0.3, -0.25) is 28.8 Å². The molecule has 2 aliphatic rings. The minimum absolute atomic E-state index is 0.0152. The van der Waals surface area contributed by atoms with E-state index in [9.17, 15) is 33.2 Å². The number of carbonyl (C=O) groups excluding carboxylic acids is 6. The van der Waals surface area contributed by atoms with E-state index in [1.54, 1.807) is 37.2 Å². The Bertz CT molecular complexity index is 2540. The first-order chi connectivity index (χ1) is 34.9. The van der Waals surface area contributed by atoms with Crippen LogP contribution in [0.4, 0.5) is 10.2 Å². The molecule has 21 heteroatoms. The van der Waals surface area contributed by atoms with E-state index in [4.69, 9.17) is 14.2 Å². The van der Waals surface area contributed by atoms with Crippen molar-refractivity contribution in [1.29, 1.82) is 0 Å². The summed E-state index contributed by atoms with van der Waals surface area (Å²) in [6.07, 6.45) is 3.50. The summed E-state index contributed by atoms with van der Waals surface area (Å²) in [6.45, 7) is 13.9. The number of anilines is 1. The Morgan fingerprint density at radius 3 is 2.34 bits per heavy atom. The van der Waals surface area contributed by atoms with Crippen LogP contribution in [-0.4, -0.2) is 150 Å². The fourth-order valence-electron chi connectivity index (χ4n) is 8.77. The molecular formula is C52H72FN11O9. The van der Waals surface area contributed by atoms with Crippen LogP contribution in [-0.2, 0) is 33.4 Å². The molecule has 6 N–H and O–H groups in total. The molecule has 0 spiro atoms. The lowest BCUT2D eigenvalue weighted by molar-refractivity contribution is -0.144. The zero-order chi connectivity index (χ0) is 52.8. The summed E-state index contributed by atoms with van der Waals surface area (Å²) >= 11 is 0. The van der Waals surface area contributed by atoms with Crippen LogP contribution in [0, 0.1) is 11.2 Å². The summed E-state index contributed by atoms with van der Waals surface area (Å²) in [5.74, 6) is -1.55. The molecule has 20 nitrogen and oxygen atoms in total. The van der Waals surface area contributed by atoms with Crippen molar-refractivity contribution in [2.75, 3.05) is 65.0 Å². The maximum absolute atomic E-state index is 14.4. The number of amides is 6. The van der Waals surface area contributed by atoms with Gasteiger partial charge in [-0.25, -0.2) is 13.9 Å². The number of hydrogen-bond donors (Lipinski definition) is 6. The molecule has 6 amide bonds. The number of likely N-dealkylation sites (tertiary alicyclic amines) is 1. The standard InChI is InChI=1S/C52H72FN11O9/c1-9-40(35-13-11-10-12-14-35)59-49(68)41-28-37(31-63(41)51(70)46(52(5,6)7)61-48(67)34(4)54-8)58-45(66)19-24-72-26-25-71-23-18-44(65)55-20-22-62-30-32(2)73-42-16-15-36(53)27-38(42)33(3)57-43-17-21-64-47(60-43)39(29-56-64)50(62)69/h10-17,21,27,29,32-34,37,40-41,46,54H,9,18-20,22-26,28,30-31H2,1-8H3,(H,55,65)(H,57,60)(H,58,66)(H,59,68)(H,61,67)/t32-,33+,34-,37-,40+,41-,46+/m0/s1. The second kappa shape index (κ2) is 25.8. The summed E-state index contributed by atoms with van der Waals surface area (Å²) in [5.41, 5.74) is 1.43. The number of fused-ring (bicyclic) bond motifs is 2. The Kier molecular flexibility index (Phi) is 19.6. The number of halogens is 1. The molecule has 4 aromatic rings. The van der Waals surface area contributed by atoms with Crippen LogP contribution in [0.1, 0.15) is 108 Å². The summed E-state index contributed by atoms with van der Waals surface area (Å²) < 4.78 is 33.4. The van der Waals surface area contributed by atoms with E-state index in [2.05, 4.69) is 42.0 Å². The number of likely N-dealkylation sites (N-methyl/N-ethyl adjacent to an activating group) is 1. The summed E-state index contributed by atoms with van der Waals surface area (Å²) in [6, 6.07) is 12.0. The second-order valence-electron chi connectivity index (χ2n) is 19.6. The van der Waals surface area contributed by atoms with Crippen molar-refractivity contribution in [3.63, 3.8) is 0 Å². The number of hydrogen-bond acceptors (Lipinski definition) is 13. The molecule has 0 radical (unpaired) electrons. The van der Waals surface area contributed by atoms with Gasteiger partial charge in [0.25, 0.3) is 5.91 Å². The van der Waals surface area contributed by atoms with Gasteiger partial charge in [0.15, 0.2) is 5.65 Å². The fraction of sp³-hybridized carbons (Fsp3) is 0.538. The first kappa shape index (κ1) is 55.6. The van der Waals surface area contributed by atoms with Gasteiger partial charge in [0.1, 0.15) is 41.1 Å². The number of ether oxygens (including phenoxy) is 3. The maximum Gasteiger partial charge on any atom is 0.259 e. The lowest BCUT2D eigenvalue weighted by atomic mass is 9.85. The van der Waals surface area contributed by atoms with Crippen LogP contribution in [0.2, 0.25) is 0 Å². The van der Waals surface area contributed by atoms with E-state index in [1.165, 1.54) is 27.7 Å². The molecular weight excluding hydrogens is 942 g/mol. The smallest absolute Gasteiger partial charge is 0.259 e. The van der Waals surface area contributed by atoms with Gasteiger partial charge in [0.2, 0.25) is 29.5 Å². The molecule has 396 valence electrons. The zero-order valence-corrected chi connectivity index (χ0v) is 43.2. The molecule has 0 unspecified atom stereocenters. The Labute approximate surface area is 426 Å². The molecule has 0 aliphatic carbocycles. The van der Waals surface area contributed by atoms with Gasteiger partial charge in [0.05, 0.1) is 57.3 Å². The highest BCUT2D eigenvalue weighted by Crippen LogP contribution is 2.31. The van der Waals surface area contributed by atoms with Crippen molar-refractivity contribution in [3.8, 4) is 5.75 Å². The number of aromatic nitrogens is 3. The van der Waals surface area contributed by atoms with E-state index >= 15 is 0 Å². The first-order valence-electron chi connectivity index (χ1n) is 25.1. The monoisotopic (exact) mass is 1010 g/mol. The molecule has 6 rings (SSSR count). The maximum atomic E-state index is 14.4. The van der Waals surface area contributed by atoms with Gasteiger partial charge < -0.3 is 55.9 Å². The number of nitrogens with one attached hydrogen (secondary N) is 6. The van der Waals surface area contributed by atoms with E-state index in [-0.39, 0.29) is 119 Å². The highest BCUT2D eigenvalue weighted by molar-refractivity contribution is 6.00. The Hall–Kier alpha value is -6.71. The molecule has 2 aromatic carbocycles. The Morgan fingerprint density at radius 2 is 1.66 bits per heavy atom. The van der Waals surface area contributed by atoms with Crippen molar-refractivity contribution >= 4 is 46.9 Å². The summed E-state index contributed by atoms with van der Waals surface area (Å²) in [7, 11) is 1.65. The Morgan fingerprint density at radius 1 is 0.945 bits per heavy atom. The molecule has 0 saturated carbocycles. The molecule has 1 fully saturated rings. The molecule has 2 aliphatic heterocycles. The van der Waals surface area contributed by atoms with E-state index in [0.29, 0.717) is 29.2 Å². The van der Waals surface area contributed by atoms with Crippen molar-refractivity contribution in [2.45, 2.75) is 117 Å². The number of carbonyl (C=O) groups is 6. The van der Waals surface area contributed by atoms with Gasteiger partial charge in [0, 0.05) is 50.3 Å². The van der Waals surface area contributed by atoms with Crippen LogP contribution < -0.4 is 36.6 Å². The number of nitrogens with zero attached hydrogens (tertiary/aromatic N) is 5. The predicted octanol–water partition coefficient (Wildman–Crippen LogP) is 3.69. The highest BCUT2D eigenvalue weighted by atomic mass is 19.1. The third-order valence-corrected chi connectivity index (χ3v) is 12.9. The predicted molar refractivity (Wildman–Crippen MR) is 271 cm³/mol. The van der Waals surface area contributed by atoms with Crippen LogP contribution >= 0.6 is 0 Å². The van der Waals surface area contributed by atoms with Crippen LogP contribution in [0.15, 0.2) is 67.0 Å². The summed E-state index contributed by atoms with van der Waals surface area (Å²) in [4.78, 5) is 89.1. The van der Waals surface area contributed by atoms with Gasteiger partial charge in [-0.2, -0.15) is 5.10 Å². The molecule has 2 aromatic heterocycles. The van der Waals surface area contributed by atoms with E-state index in [0.717, 1.165) is 5.56 Å². The third kappa shape index (κ3) is 15.2. The van der Waals surface area contributed by atoms with Gasteiger partial charge >= 0.3 is 0 Å². The van der Waals surface area contributed by atoms with Gasteiger partial charge in [-0.15, -0.1) is 0 Å². The average molecular weight is 1010 g/mol. The number of rotatable bonds is 21. The molecule has 1 saturated heterocycles. The fourth-order valence-corrected chi connectivity index (χ4v) is 8.77. The normalized spacial score (nSPS) is 19.3. The highest BCUT2D eigenvalue weighted by Gasteiger charge is 2.46. The van der Waals surface area contributed by atoms with E-state index in [1.807, 2.05) is 71.9 Å². The van der Waals surface area contributed by atoms with Crippen molar-refractivity contribution < 1.29 is 47.4 Å². The molecule has 2 bridgehead atoms. The quantitative estimate of drug-likeness (QED) is 0.0655.